The van der Waals surface area contributed by atoms with Crippen LogP contribution in [0.5, 0.6) is 0 Å². The minimum absolute atomic E-state index is 0.0174. The monoisotopic (exact) mass is 428 g/mol. The summed E-state index contributed by atoms with van der Waals surface area (Å²) in [5.74, 6) is -0.608. The van der Waals surface area contributed by atoms with Crippen molar-refractivity contribution in [3.8, 4) is 11.1 Å². The van der Waals surface area contributed by atoms with Gasteiger partial charge in [0.1, 0.15) is 5.56 Å². The number of carbonyl (C=O) groups is 1. The van der Waals surface area contributed by atoms with E-state index in [9.17, 15) is 18.0 Å². The second-order valence-corrected chi connectivity index (χ2v) is 8.26. The first-order valence-electron chi connectivity index (χ1n) is 8.61. The molecule has 0 spiro atoms. The fourth-order valence-electron chi connectivity index (χ4n) is 2.62. The number of nitrogens with one attached hydrogen (secondary N) is 2. The summed E-state index contributed by atoms with van der Waals surface area (Å²) in [7, 11) is -3.74. The van der Waals surface area contributed by atoms with Crippen molar-refractivity contribution in [1.29, 1.82) is 0 Å². The van der Waals surface area contributed by atoms with Crippen LogP contribution in [0.1, 0.15) is 10.4 Å². The Morgan fingerprint density at radius 1 is 1.03 bits per heavy atom. The third-order valence-electron chi connectivity index (χ3n) is 4.05. The van der Waals surface area contributed by atoms with Gasteiger partial charge in [0.25, 0.3) is 11.5 Å². The summed E-state index contributed by atoms with van der Waals surface area (Å²) < 4.78 is 24.6. The van der Waals surface area contributed by atoms with Crippen LogP contribution in [0.2, 0.25) is 5.02 Å². The molecule has 2 aromatic carbocycles. The van der Waals surface area contributed by atoms with E-state index in [-0.39, 0.29) is 22.0 Å². The number of benzene rings is 2. The molecule has 0 fully saturated rings. The molecule has 2 N–H and O–H groups in total. The molecule has 3 rings (SSSR count). The molecule has 6 nitrogen and oxygen atoms in total. The summed E-state index contributed by atoms with van der Waals surface area (Å²) in [6.45, 7) is -0.0719. The van der Waals surface area contributed by atoms with E-state index in [1.807, 2.05) is 30.3 Å². The smallest absolute Gasteiger partial charge is 0.260 e. The standard InChI is InChI=1S/C21H17ClN2O4S/c22-18-9-4-5-10-19(18)29(27,28)12-6-11-23-20(25)17-13-16(14-24-21(17)26)15-7-2-1-3-8-15/h1-10,12-14H,11H2,(H,23,25)(H,24,26)/b12-6+. The van der Waals surface area contributed by atoms with Crippen molar-refractivity contribution in [2.45, 2.75) is 4.90 Å². The topological polar surface area (TPSA) is 96.1 Å². The highest BCUT2D eigenvalue weighted by molar-refractivity contribution is 7.94. The molecule has 3 aromatic rings. The van der Waals surface area contributed by atoms with Gasteiger partial charge in [0, 0.05) is 18.1 Å². The zero-order valence-electron chi connectivity index (χ0n) is 15.1. The largest absolute Gasteiger partial charge is 0.348 e. The zero-order valence-corrected chi connectivity index (χ0v) is 16.7. The van der Waals surface area contributed by atoms with Crippen LogP contribution in [0.25, 0.3) is 11.1 Å². The fourth-order valence-corrected chi connectivity index (χ4v) is 4.18. The molecule has 0 saturated heterocycles. The highest BCUT2D eigenvalue weighted by Gasteiger charge is 2.14. The average molecular weight is 429 g/mol. The predicted molar refractivity (Wildman–Crippen MR) is 113 cm³/mol. The first kappa shape index (κ1) is 20.6. The lowest BCUT2D eigenvalue weighted by Crippen LogP contribution is -2.29. The number of carbonyl (C=O) groups excluding carboxylic acids is 1. The summed E-state index contributed by atoms with van der Waals surface area (Å²) in [6, 6.07) is 16.9. The molecule has 8 heteroatoms. The van der Waals surface area contributed by atoms with Crippen LogP contribution >= 0.6 is 11.6 Å². The van der Waals surface area contributed by atoms with Gasteiger partial charge < -0.3 is 10.3 Å². The maximum atomic E-state index is 12.4. The van der Waals surface area contributed by atoms with E-state index in [2.05, 4.69) is 10.3 Å². The number of rotatable bonds is 6. The number of amides is 1. The molecule has 1 amide bonds. The number of hydrogen-bond acceptors (Lipinski definition) is 4. The molecule has 0 atom stereocenters. The Hall–Kier alpha value is -3.16. The molecule has 0 aliphatic rings. The second kappa shape index (κ2) is 8.89. The third-order valence-corrected chi connectivity index (χ3v) is 6.02. The van der Waals surface area contributed by atoms with Gasteiger partial charge in [0.15, 0.2) is 0 Å². The number of aromatic nitrogens is 1. The Morgan fingerprint density at radius 3 is 2.45 bits per heavy atom. The van der Waals surface area contributed by atoms with Crippen molar-refractivity contribution < 1.29 is 13.2 Å². The Labute approximate surface area is 172 Å². The summed E-state index contributed by atoms with van der Waals surface area (Å²) in [6.07, 6.45) is 2.82. The zero-order chi connectivity index (χ0) is 20.9. The lowest BCUT2D eigenvalue weighted by molar-refractivity contribution is 0.0956. The predicted octanol–water partition coefficient (Wildman–Crippen LogP) is 3.41. The van der Waals surface area contributed by atoms with E-state index >= 15 is 0 Å². The molecule has 148 valence electrons. The van der Waals surface area contributed by atoms with E-state index in [0.29, 0.717) is 5.56 Å². The molecule has 0 aliphatic carbocycles. The van der Waals surface area contributed by atoms with E-state index in [1.54, 1.807) is 12.1 Å². The van der Waals surface area contributed by atoms with Crippen molar-refractivity contribution in [2.75, 3.05) is 6.54 Å². The molecule has 1 heterocycles. The van der Waals surface area contributed by atoms with E-state index < -0.39 is 21.3 Å². The minimum atomic E-state index is -3.74. The van der Waals surface area contributed by atoms with Crippen LogP contribution in [0.4, 0.5) is 0 Å². The molecular weight excluding hydrogens is 412 g/mol. The van der Waals surface area contributed by atoms with Crippen LogP contribution in [-0.2, 0) is 9.84 Å². The molecule has 0 bridgehead atoms. The Morgan fingerprint density at radius 2 is 1.72 bits per heavy atom. The Bertz CT molecular complexity index is 1220. The van der Waals surface area contributed by atoms with Crippen LogP contribution in [-0.4, -0.2) is 25.9 Å². The first-order valence-corrected chi connectivity index (χ1v) is 10.5. The molecule has 29 heavy (non-hydrogen) atoms. The van der Waals surface area contributed by atoms with Crippen molar-refractivity contribution in [3.63, 3.8) is 0 Å². The second-order valence-electron chi connectivity index (χ2n) is 6.05. The van der Waals surface area contributed by atoms with Gasteiger partial charge in [-0.15, -0.1) is 0 Å². The van der Waals surface area contributed by atoms with E-state index in [4.69, 9.17) is 11.6 Å². The highest BCUT2D eigenvalue weighted by Crippen LogP contribution is 2.22. The van der Waals surface area contributed by atoms with Crippen LogP contribution < -0.4 is 10.9 Å². The molecule has 0 radical (unpaired) electrons. The first-order chi connectivity index (χ1) is 13.9. The number of pyridine rings is 1. The van der Waals surface area contributed by atoms with Crippen molar-refractivity contribution in [1.82, 2.24) is 10.3 Å². The summed E-state index contributed by atoms with van der Waals surface area (Å²) in [5, 5.41) is 3.60. The van der Waals surface area contributed by atoms with E-state index in [1.165, 1.54) is 30.5 Å². The Balaban J connectivity index is 1.71. The van der Waals surface area contributed by atoms with Gasteiger partial charge in [0.2, 0.25) is 9.84 Å². The van der Waals surface area contributed by atoms with Crippen LogP contribution in [0.15, 0.2) is 88.0 Å². The van der Waals surface area contributed by atoms with Crippen LogP contribution in [0, 0.1) is 0 Å². The summed E-state index contributed by atoms with van der Waals surface area (Å²) in [4.78, 5) is 26.9. The van der Waals surface area contributed by atoms with Crippen molar-refractivity contribution in [3.05, 3.63) is 99.3 Å². The summed E-state index contributed by atoms with van der Waals surface area (Å²) >= 11 is 5.91. The normalized spacial score (nSPS) is 11.5. The SMILES string of the molecule is O=C(NC/C=C/S(=O)(=O)c1ccccc1Cl)c1cc(-c2ccccc2)c[nH]c1=O. The molecule has 0 unspecified atom stereocenters. The van der Waals surface area contributed by atoms with Gasteiger partial charge in [-0.25, -0.2) is 8.42 Å². The molecule has 1 aromatic heterocycles. The van der Waals surface area contributed by atoms with Gasteiger partial charge in [-0.2, -0.15) is 0 Å². The minimum Gasteiger partial charge on any atom is -0.348 e. The lowest BCUT2D eigenvalue weighted by atomic mass is 10.1. The number of hydrogen-bond donors (Lipinski definition) is 2. The number of sulfone groups is 1. The van der Waals surface area contributed by atoms with Gasteiger partial charge in [-0.05, 0) is 29.3 Å². The molecule has 0 saturated carbocycles. The fraction of sp³-hybridized carbons (Fsp3) is 0.0476. The maximum absolute atomic E-state index is 12.4. The van der Waals surface area contributed by atoms with Crippen LogP contribution in [0.3, 0.4) is 0 Å². The molecule has 0 aliphatic heterocycles. The molecular formula is C21H17ClN2O4S. The van der Waals surface area contributed by atoms with Gasteiger partial charge >= 0.3 is 0 Å². The van der Waals surface area contributed by atoms with Gasteiger partial charge in [-0.1, -0.05) is 60.1 Å². The summed E-state index contributed by atoms with van der Waals surface area (Å²) in [5.41, 5.74) is 0.944. The Kier molecular flexibility index (Phi) is 6.31. The van der Waals surface area contributed by atoms with E-state index in [0.717, 1.165) is 11.0 Å². The maximum Gasteiger partial charge on any atom is 0.260 e. The van der Waals surface area contributed by atoms with Gasteiger partial charge in [0.05, 0.1) is 9.92 Å². The third kappa shape index (κ3) is 5.01. The van der Waals surface area contributed by atoms with Gasteiger partial charge in [-0.3, -0.25) is 9.59 Å². The number of aromatic amines is 1. The number of H-pyrrole nitrogens is 1. The average Bonchev–Trinajstić information content (AvgIpc) is 2.72. The quantitative estimate of drug-likeness (QED) is 0.628. The number of halogens is 1. The highest BCUT2D eigenvalue weighted by atomic mass is 35.5. The van der Waals surface area contributed by atoms with Crippen molar-refractivity contribution >= 4 is 27.3 Å². The van der Waals surface area contributed by atoms with Crippen molar-refractivity contribution in [2.24, 2.45) is 0 Å². The lowest BCUT2D eigenvalue weighted by Gasteiger charge is -2.05.